The number of hydrogen-bond donors (Lipinski definition) is 1. The third-order valence-corrected chi connectivity index (χ3v) is 3.39. The monoisotopic (exact) mass is 194 g/mol. The average Bonchev–Trinajstić information content (AvgIpc) is 2.02. The van der Waals surface area contributed by atoms with Crippen LogP contribution in [0.15, 0.2) is 0 Å². The summed E-state index contributed by atoms with van der Waals surface area (Å²) in [7, 11) is 0. The second kappa shape index (κ2) is 4.36. The molecule has 0 aromatic heterocycles. The smallest absolute Gasteiger partial charge is 0.128 e. The molecule has 1 heteroatoms. The van der Waals surface area contributed by atoms with Gasteiger partial charge in [0.15, 0.2) is 0 Å². The van der Waals surface area contributed by atoms with Gasteiger partial charge in [-0.3, -0.25) is 0 Å². The molecular weight excluding hydrogens is 172 g/mol. The first-order valence-corrected chi connectivity index (χ1v) is 5.66. The van der Waals surface area contributed by atoms with Crippen LogP contribution in [0.3, 0.4) is 0 Å². The number of rotatable bonds is 1. The van der Waals surface area contributed by atoms with Gasteiger partial charge in [-0.1, -0.05) is 33.1 Å². The van der Waals surface area contributed by atoms with Gasteiger partial charge < -0.3 is 5.11 Å². The van der Waals surface area contributed by atoms with E-state index in [1.807, 2.05) is 6.92 Å². The summed E-state index contributed by atoms with van der Waals surface area (Å²) < 4.78 is 0. The van der Waals surface area contributed by atoms with Crippen LogP contribution in [0.5, 0.6) is 0 Å². The van der Waals surface area contributed by atoms with Gasteiger partial charge >= 0.3 is 0 Å². The Morgan fingerprint density at radius 2 is 2.00 bits per heavy atom. The molecule has 1 aliphatic rings. The quantitative estimate of drug-likeness (QED) is 0.636. The van der Waals surface area contributed by atoms with E-state index in [0.29, 0.717) is 17.8 Å². The minimum atomic E-state index is -0.722. The zero-order valence-electron chi connectivity index (χ0n) is 9.80. The van der Waals surface area contributed by atoms with Crippen LogP contribution >= 0.6 is 0 Å². The van der Waals surface area contributed by atoms with Gasteiger partial charge in [0.05, 0.1) is 0 Å². The lowest BCUT2D eigenvalue weighted by Gasteiger charge is -2.41. The normalized spacial score (nSPS) is 37.9. The molecule has 0 radical (unpaired) electrons. The van der Waals surface area contributed by atoms with Gasteiger partial charge in [-0.2, -0.15) is 0 Å². The molecule has 1 N–H and O–H groups in total. The zero-order valence-corrected chi connectivity index (χ0v) is 9.80. The molecule has 1 saturated carbocycles. The summed E-state index contributed by atoms with van der Waals surface area (Å²) in [6.07, 6.45) is 3.19. The molecule has 0 unspecified atom stereocenters. The van der Waals surface area contributed by atoms with E-state index in [-0.39, 0.29) is 0 Å². The van der Waals surface area contributed by atoms with Gasteiger partial charge in [0, 0.05) is 5.92 Å². The van der Waals surface area contributed by atoms with Gasteiger partial charge in [-0.25, -0.2) is 0 Å². The lowest BCUT2D eigenvalue weighted by Crippen LogP contribution is -2.44. The highest BCUT2D eigenvalue weighted by molar-refractivity contribution is 5.16. The molecule has 0 heterocycles. The van der Waals surface area contributed by atoms with E-state index in [1.165, 1.54) is 6.42 Å². The maximum absolute atomic E-state index is 10.5. The lowest BCUT2D eigenvalue weighted by molar-refractivity contribution is -0.0326. The fourth-order valence-corrected chi connectivity index (χ4v) is 2.73. The summed E-state index contributed by atoms with van der Waals surface area (Å²) in [5, 5.41) is 10.5. The van der Waals surface area contributed by atoms with Crippen molar-refractivity contribution in [2.45, 2.75) is 52.6 Å². The molecule has 0 aromatic carbocycles. The van der Waals surface area contributed by atoms with Crippen LogP contribution in [0, 0.1) is 29.6 Å². The Bertz CT molecular complexity index is 246. The van der Waals surface area contributed by atoms with Crippen molar-refractivity contribution in [3.63, 3.8) is 0 Å². The van der Waals surface area contributed by atoms with Crippen molar-refractivity contribution in [3.8, 4) is 11.8 Å². The highest BCUT2D eigenvalue weighted by atomic mass is 16.3. The van der Waals surface area contributed by atoms with E-state index in [4.69, 9.17) is 0 Å². The molecule has 0 aromatic rings. The van der Waals surface area contributed by atoms with Crippen LogP contribution in [0.4, 0.5) is 0 Å². The molecule has 80 valence electrons. The Labute approximate surface area is 87.9 Å². The van der Waals surface area contributed by atoms with E-state index < -0.39 is 5.60 Å². The van der Waals surface area contributed by atoms with Gasteiger partial charge in [-0.15, -0.1) is 5.92 Å². The molecule has 1 nitrogen and oxygen atoms in total. The third-order valence-electron chi connectivity index (χ3n) is 3.39. The van der Waals surface area contributed by atoms with Crippen LogP contribution in [0.25, 0.3) is 0 Å². The standard InChI is InChI=1S/C13H22O/c1-5-8-13(14)9-11(4)6-7-12(13)10(2)3/h10-12,14H,6-7,9H2,1-4H3/t11-,12+,13+/m1/s1. The molecule has 0 amide bonds. The Morgan fingerprint density at radius 1 is 1.36 bits per heavy atom. The summed E-state index contributed by atoms with van der Waals surface area (Å²) in [6.45, 7) is 8.39. The first-order valence-electron chi connectivity index (χ1n) is 5.66. The summed E-state index contributed by atoms with van der Waals surface area (Å²) in [4.78, 5) is 0. The average molecular weight is 194 g/mol. The van der Waals surface area contributed by atoms with E-state index >= 15 is 0 Å². The lowest BCUT2D eigenvalue weighted by atomic mass is 9.67. The largest absolute Gasteiger partial charge is 0.377 e. The van der Waals surface area contributed by atoms with Crippen molar-refractivity contribution in [3.05, 3.63) is 0 Å². The summed E-state index contributed by atoms with van der Waals surface area (Å²) in [5.41, 5.74) is -0.722. The topological polar surface area (TPSA) is 20.2 Å². The first kappa shape index (κ1) is 11.6. The van der Waals surface area contributed by atoms with E-state index in [0.717, 1.165) is 12.8 Å². The minimum absolute atomic E-state index is 0.353. The Hall–Kier alpha value is -0.480. The Balaban J connectivity index is 2.86. The molecular formula is C13H22O. The van der Waals surface area contributed by atoms with Gasteiger partial charge in [-0.05, 0) is 31.6 Å². The van der Waals surface area contributed by atoms with Crippen molar-refractivity contribution < 1.29 is 5.11 Å². The maximum Gasteiger partial charge on any atom is 0.128 e. The summed E-state index contributed by atoms with van der Waals surface area (Å²) in [5.74, 6) is 7.39. The van der Waals surface area contributed by atoms with Crippen LogP contribution in [0.2, 0.25) is 0 Å². The highest BCUT2D eigenvalue weighted by Crippen LogP contribution is 2.40. The maximum atomic E-state index is 10.5. The summed E-state index contributed by atoms with van der Waals surface area (Å²) >= 11 is 0. The Morgan fingerprint density at radius 3 is 2.50 bits per heavy atom. The van der Waals surface area contributed by atoms with Crippen molar-refractivity contribution >= 4 is 0 Å². The van der Waals surface area contributed by atoms with Gasteiger partial charge in [0.25, 0.3) is 0 Å². The second-order valence-electron chi connectivity index (χ2n) is 5.04. The molecule has 14 heavy (non-hydrogen) atoms. The van der Waals surface area contributed by atoms with E-state index in [9.17, 15) is 5.11 Å². The van der Waals surface area contributed by atoms with Crippen LogP contribution in [0.1, 0.15) is 47.0 Å². The van der Waals surface area contributed by atoms with Crippen molar-refractivity contribution in [2.75, 3.05) is 0 Å². The van der Waals surface area contributed by atoms with Crippen molar-refractivity contribution in [1.82, 2.24) is 0 Å². The summed E-state index contributed by atoms with van der Waals surface area (Å²) in [6, 6.07) is 0. The molecule has 1 aliphatic carbocycles. The predicted octanol–water partition coefficient (Wildman–Crippen LogP) is 2.83. The third kappa shape index (κ3) is 2.30. The fraction of sp³-hybridized carbons (Fsp3) is 0.846. The van der Waals surface area contributed by atoms with Crippen LogP contribution in [-0.4, -0.2) is 10.7 Å². The SMILES string of the molecule is CC#C[C@]1(O)C[C@H](C)CC[C@H]1C(C)C. The van der Waals surface area contributed by atoms with Crippen molar-refractivity contribution in [1.29, 1.82) is 0 Å². The Kier molecular flexibility index (Phi) is 3.61. The molecule has 0 spiro atoms. The molecule has 0 aliphatic heterocycles. The molecule has 1 rings (SSSR count). The molecule has 3 atom stereocenters. The van der Waals surface area contributed by atoms with Crippen molar-refractivity contribution in [2.24, 2.45) is 17.8 Å². The molecule has 0 saturated heterocycles. The van der Waals surface area contributed by atoms with E-state index in [2.05, 4.69) is 32.6 Å². The minimum Gasteiger partial charge on any atom is -0.377 e. The second-order valence-corrected chi connectivity index (χ2v) is 5.04. The van der Waals surface area contributed by atoms with Gasteiger partial charge in [0.2, 0.25) is 0 Å². The van der Waals surface area contributed by atoms with Gasteiger partial charge in [0.1, 0.15) is 5.60 Å². The zero-order chi connectivity index (χ0) is 10.8. The molecule has 0 bridgehead atoms. The fourth-order valence-electron chi connectivity index (χ4n) is 2.73. The number of aliphatic hydroxyl groups is 1. The number of hydrogen-bond acceptors (Lipinski definition) is 1. The van der Waals surface area contributed by atoms with E-state index in [1.54, 1.807) is 0 Å². The predicted molar refractivity (Wildman–Crippen MR) is 59.7 cm³/mol. The van der Waals surface area contributed by atoms with Crippen LogP contribution < -0.4 is 0 Å². The van der Waals surface area contributed by atoms with Crippen LogP contribution in [-0.2, 0) is 0 Å². The first-order chi connectivity index (χ1) is 6.49. The molecule has 1 fully saturated rings. The highest BCUT2D eigenvalue weighted by Gasteiger charge is 2.41.